The molecule has 4 nitrogen and oxygen atoms in total. The zero-order chi connectivity index (χ0) is 16.8. The molecule has 0 heterocycles. The van der Waals surface area contributed by atoms with Gasteiger partial charge in [-0.25, -0.2) is 0 Å². The van der Waals surface area contributed by atoms with Gasteiger partial charge in [0.05, 0.1) is 5.88 Å². The van der Waals surface area contributed by atoms with Gasteiger partial charge in [0.15, 0.2) is 0 Å². The van der Waals surface area contributed by atoms with Crippen molar-refractivity contribution in [3.05, 3.63) is 0 Å². The molecule has 0 rings (SSSR count). The van der Waals surface area contributed by atoms with E-state index < -0.39 is 6.57 Å². The molecule has 0 aliphatic rings. The first-order valence-corrected chi connectivity index (χ1v) is 11.5. The summed E-state index contributed by atoms with van der Waals surface area (Å²) in [5.74, 6) is 0.743. The van der Waals surface area contributed by atoms with E-state index in [0.717, 1.165) is 5.88 Å². The van der Waals surface area contributed by atoms with Crippen LogP contribution < -0.4 is 0 Å². The first-order valence-electron chi connectivity index (χ1n) is 7.86. The summed E-state index contributed by atoms with van der Waals surface area (Å²) >= 11 is 1.44. The summed E-state index contributed by atoms with van der Waals surface area (Å²) in [7, 11) is 0. The lowest BCUT2D eigenvalue weighted by Gasteiger charge is -2.33. The van der Waals surface area contributed by atoms with Gasteiger partial charge >= 0.3 is 0 Å². The van der Waals surface area contributed by atoms with Crippen molar-refractivity contribution in [3.63, 3.8) is 0 Å². The minimum atomic E-state index is -2.63. The third-order valence-electron chi connectivity index (χ3n) is 3.54. The van der Waals surface area contributed by atoms with Crippen LogP contribution in [0.4, 0.5) is 0 Å². The Bertz CT molecular complexity index is 292. The highest BCUT2D eigenvalue weighted by Crippen LogP contribution is 2.56. The number of nitrogens with zero attached hydrogens (tertiary/aromatic N) is 2. The molecule has 0 aliphatic carbocycles. The van der Waals surface area contributed by atoms with Gasteiger partial charge in [-0.15, -0.1) is 0 Å². The molecule has 0 spiro atoms. The standard InChI is InChI=1S/C15H35N2O2PS/c1-12(2)16(13(3)4)10-19-20(9,18)21-11-17(14(5)6)15(7)8/h12-15H,10-11H2,1-9H3. The summed E-state index contributed by atoms with van der Waals surface area (Å²) in [6, 6.07) is 1.66. The van der Waals surface area contributed by atoms with Crippen molar-refractivity contribution in [2.24, 2.45) is 0 Å². The van der Waals surface area contributed by atoms with E-state index in [4.69, 9.17) is 4.52 Å². The Hall–Kier alpha value is 0.460. The Kier molecular flexibility index (Phi) is 9.78. The van der Waals surface area contributed by atoms with Crippen LogP contribution in [-0.4, -0.2) is 53.2 Å². The van der Waals surface area contributed by atoms with E-state index in [0.29, 0.717) is 30.9 Å². The molecular weight excluding hydrogens is 303 g/mol. The van der Waals surface area contributed by atoms with Crippen molar-refractivity contribution >= 4 is 18.0 Å². The highest BCUT2D eigenvalue weighted by atomic mass is 32.7. The van der Waals surface area contributed by atoms with E-state index in [1.165, 1.54) is 11.4 Å². The van der Waals surface area contributed by atoms with Crippen LogP contribution in [0.3, 0.4) is 0 Å². The van der Waals surface area contributed by atoms with Gasteiger partial charge in [-0.1, -0.05) is 11.4 Å². The van der Waals surface area contributed by atoms with Crippen LogP contribution in [-0.2, 0) is 9.09 Å². The van der Waals surface area contributed by atoms with Gasteiger partial charge in [-0.3, -0.25) is 14.4 Å². The fraction of sp³-hybridized carbons (Fsp3) is 1.00. The fourth-order valence-electron chi connectivity index (χ4n) is 2.17. The monoisotopic (exact) mass is 338 g/mol. The predicted molar refractivity (Wildman–Crippen MR) is 96.2 cm³/mol. The minimum absolute atomic E-state index is 0.387. The maximum atomic E-state index is 12.6. The van der Waals surface area contributed by atoms with E-state index in [1.54, 1.807) is 6.66 Å². The van der Waals surface area contributed by atoms with Crippen LogP contribution in [0, 0.1) is 0 Å². The highest BCUT2D eigenvalue weighted by Gasteiger charge is 2.24. The fourth-order valence-corrected chi connectivity index (χ4v) is 4.92. The lowest BCUT2D eigenvalue weighted by atomic mass is 10.2. The van der Waals surface area contributed by atoms with Crippen LogP contribution in [0.5, 0.6) is 0 Å². The lowest BCUT2D eigenvalue weighted by molar-refractivity contribution is 0.0739. The molecule has 0 saturated heterocycles. The van der Waals surface area contributed by atoms with E-state index in [2.05, 4.69) is 65.2 Å². The van der Waals surface area contributed by atoms with Gasteiger partial charge in [0.1, 0.15) is 6.73 Å². The second-order valence-electron chi connectivity index (χ2n) is 6.69. The maximum absolute atomic E-state index is 12.6. The van der Waals surface area contributed by atoms with E-state index >= 15 is 0 Å². The molecule has 0 radical (unpaired) electrons. The summed E-state index contributed by atoms with van der Waals surface area (Å²) < 4.78 is 18.3. The average molecular weight is 338 g/mol. The first kappa shape index (κ1) is 21.5. The Morgan fingerprint density at radius 3 is 1.57 bits per heavy atom. The minimum Gasteiger partial charge on any atom is -0.305 e. The Labute approximate surface area is 136 Å². The summed E-state index contributed by atoms with van der Waals surface area (Å²) in [5.41, 5.74) is 0. The maximum Gasteiger partial charge on any atom is 0.257 e. The van der Waals surface area contributed by atoms with Crippen molar-refractivity contribution in [2.45, 2.75) is 79.6 Å². The second-order valence-corrected chi connectivity index (χ2v) is 11.8. The zero-order valence-corrected chi connectivity index (χ0v) is 17.0. The molecule has 1 unspecified atom stereocenters. The van der Waals surface area contributed by atoms with Gasteiger partial charge in [0.25, 0.3) is 6.57 Å². The van der Waals surface area contributed by atoms with Crippen molar-refractivity contribution in [1.82, 2.24) is 9.80 Å². The predicted octanol–water partition coefficient (Wildman–Crippen LogP) is 4.71. The number of rotatable bonds is 10. The molecule has 0 aromatic heterocycles. The molecule has 6 heteroatoms. The van der Waals surface area contributed by atoms with Crippen molar-refractivity contribution < 1.29 is 9.09 Å². The van der Waals surface area contributed by atoms with Crippen LogP contribution in [0.25, 0.3) is 0 Å². The SMILES string of the molecule is CC(C)N(COP(C)(=O)SCN(C(C)C)C(C)C)C(C)C. The molecule has 0 N–H and O–H groups in total. The number of hydrogen-bond donors (Lipinski definition) is 0. The molecule has 21 heavy (non-hydrogen) atoms. The van der Waals surface area contributed by atoms with Gasteiger partial charge in [-0.05, 0) is 55.4 Å². The Morgan fingerprint density at radius 1 is 0.857 bits per heavy atom. The Balaban J connectivity index is 4.46. The van der Waals surface area contributed by atoms with Gasteiger partial charge in [0.2, 0.25) is 0 Å². The zero-order valence-electron chi connectivity index (χ0n) is 15.3. The van der Waals surface area contributed by atoms with Crippen molar-refractivity contribution in [2.75, 3.05) is 19.3 Å². The second kappa shape index (κ2) is 9.57. The van der Waals surface area contributed by atoms with Crippen LogP contribution in [0.1, 0.15) is 55.4 Å². The van der Waals surface area contributed by atoms with Gasteiger partial charge < -0.3 is 4.52 Å². The van der Waals surface area contributed by atoms with Crippen LogP contribution in [0.15, 0.2) is 0 Å². The molecule has 0 bridgehead atoms. The van der Waals surface area contributed by atoms with E-state index in [-0.39, 0.29) is 0 Å². The Morgan fingerprint density at radius 2 is 1.24 bits per heavy atom. The molecule has 128 valence electrons. The molecule has 0 fully saturated rings. The topological polar surface area (TPSA) is 32.8 Å². The van der Waals surface area contributed by atoms with E-state index in [9.17, 15) is 4.57 Å². The molecule has 0 aromatic rings. The normalized spacial score (nSPS) is 16.0. The molecular formula is C15H35N2O2PS. The van der Waals surface area contributed by atoms with Crippen LogP contribution in [0.2, 0.25) is 0 Å². The molecule has 0 saturated carbocycles. The van der Waals surface area contributed by atoms with E-state index in [1.807, 2.05) is 0 Å². The molecule has 0 amide bonds. The third-order valence-corrected chi connectivity index (χ3v) is 7.07. The molecule has 1 atom stereocenters. The quantitative estimate of drug-likeness (QED) is 0.425. The smallest absolute Gasteiger partial charge is 0.257 e. The summed E-state index contributed by atoms with van der Waals surface area (Å²) in [4.78, 5) is 4.53. The molecule has 0 aliphatic heterocycles. The lowest BCUT2D eigenvalue weighted by Crippen LogP contribution is -2.38. The van der Waals surface area contributed by atoms with Gasteiger partial charge in [-0.2, -0.15) is 0 Å². The molecule has 0 aromatic carbocycles. The highest BCUT2D eigenvalue weighted by molar-refractivity contribution is 8.56. The van der Waals surface area contributed by atoms with Crippen molar-refractivity contribution in [3.8, 4) is 0 Å². The van der Waals surface area contributed by atoms with Crippen LogP contribution >= 0.6 is 18.0 Å². The number of hydrogen-bond acceptors (Lipinski definition) is 5. The summed E-state index contributed by atoms with van der Waals surface area (Å²) in [6.07, 6.45) is 0. The largest absolute Gasteiger partial charge is 0.305 e. The first-order chi connectivity index (χ1) is 9.48. The van der Waals surface area contributed by atoms with Crippen molar-refractivity contribution in [1.29, 1.82) is 0 Å². The third kappa shape index (κ3) is 8.61. The summed E-state index contributed by atoms with van der Waals surface area (Å²) in [6.45, 7) is 16.7. The summed E-state index contributed by atoms with van der Waals surface area (Å²) in [5, 5.41) is 0. The van der Waals surface area contributed by atoms with Gasteiger partial charge in [0, 0.05) is 30.8 Å². The average Bonchev–Trinajstić information content (AvgIpc) is 2.26.